The lowest BCUT2D eigenvalue weighted by atomic mass is 10.1. The number of nitrogens with zero attached hydrogens (tertiary/aromatic N) is 5. The minimum absolute atomic E-state index is 0.0338. The molecule has 11 heteroatoms. The van der Waals surface area contributed by atoms with E-state index < -0.39 is 23.4 Å². The molecule has 2 aromatic carbocycles. The van der Waals surface area contributed by atoms with Gasteiger partial charge < -0.3 is 19.0 Å². The quantitative estimate of drug-likeness (QED) is 0.227. The van der Waals surface area contributed by atoms with Gasteiger partial charge in [-0.3, -0.25) is 9.00 Å². The van der Waals surface area contributed by atoms with Crippen molar-refractivity contribution < 1.29 is 18.3 Å². The predicted octanol–water partition coefficient (Wildman–Crippen LogP) is 4.67. The number of anilines is 1. The standard InChI is InChI=1S/C21H24N6O4S/c1-2-6-18(22)15-10-12-16(13-11-15)31-20(28)9-5-14-27(32(29)30)19-8-4-3-7-17(19)21-23-25-26-24-21/h3-4,7-8,10-13,21-22H,2,5-6,9,14H2,1H3,(H,29,30)/p-1. The number of nitrogens with one attached hydrogen (secondary N) is 1. The molecule has 0 aromatic heterocycles. The molecule has 0 spiro atoms. The largest absolute Gasteiger partial charge is 0.755 e. The van der Waals surface area contributed by atoms with Gasteiger partial charge in [0.15, 0.2) is 0 Å². The van der Waals surface area contributed by atoms with Crippen molar-refractivity contribution in [2.45, 2.75) is 38.8 Å². The van der Waals surface area contributed by atoms with Gasteiger partial charge in [-0.1, -0.05) is 31.5 Å². The predicted molar refractivity (Wildman–Crippen MR) is 118 cm³/mol. The first-order valence-corrected chi connectivity index (χ1v) is 11.2. The molecule has 10 nitrogen and oxygen atoms in total. The summed E-state index contributed by atoms with van der Waals surface area (Å²) >= 11 is -2.56. The van der Waals surface area contributed by atoms with Crippen LogP contribution in [0.5, 0.6) is 5.75 Å². The van der Waals surface area contributed by atoms with Crippen molar-refractivity contribution in [3.63, 3.8) is 0 Å². The summed E-state index contributed by atoms with van der Waals surface area (Å²) in [4.78, 5) is 12.2. The van der Waals surface area contributed by atoms with Crippen LogP contribution in [0.25, 0.3) is 0 Å². The normalized spacial score (nSPS) is 13.8. The minimum atomic E-state index is -2.56. The van der Waals surface area contributed by atoms with E-state index in [2.05, 4.69) is 20.7 Å². The van der Waals surface area contributed by atoms with Crippen LogP contribution in [0, 0.1) is 5.41 Å². The first-order valence-electron chi connectivity index (χ1n) is 10.1. The van der Waals surface area contributed by atoms with Crippen LogP contribution in [0.1, 0.15) is 49.9 Å². The molecule has 0 bridgehead atoms. The SMILES string of the molecule is CCCC(=N)c1ccc(OC(=O)CCCN(c2ccccc2C2N=NN=N2)S(=O)[O-])cc1. The second-order valence-corrected chi connectivity index (χ2v) is 7.87. The molecule has 0 aliphatic carbocycles. The number of carbonyl (C=O) groups is 1. The highest BCUT2D eigenvalue weighted by molar-refractivity contribution is 7.80. The number of rotatable bonds is 11. The number of para-hydroxylation sites is 1. The van der Waals surface area contributed by atoms with Crippen molar-refractivity contribution in [1.82, 2.24) is 0 Å². The third kappa shape index (κ3) is 6.11. The summed E-state index contributed by atoms with van der Waals surface area (Å²) in [5.41, 5.74) is 2.29. The molecule has 2 aromatic rings. The van der Waals surface area contributed by atoms with E-state index in [0.29, 0.717) is 29.1 Å². The van der Waals surface area contributed by atoms with Gasteiger partial charge in [-0.2, -0.15) is 0 Å². The molecule has 168 valence electrons. The second-order valence-electron chi connectivity index (χ2n) is 6.99. The van der Waals surface area contributed by atoms with E-state index in [0.717, 1.165) is 16.3 Å². The van der Waals surface area contributed by atoms with E-state index in [1.54, 1.807) is 48.5 Å². The van der Waals surface area contributed by atoms with Crippen molar-refractivity contribution in [1.29, 1.82) is 5.41 Å². The summed E-state index contributed by atoms with van der Waals surface area (Å²) in [7, 11) is 0. The Morgan fingerprint density at radius 3 is 2.47 bits per heavy atom. The van der Waals surface area contributed by atoms with Crippen LogP contribution >= 0.6 is 0 Å². The van der Waals surface area contributed by atoms with E-state index in [-0.39, 0.29) is 19.4 Å². The molecule has 0 amide bonds. The fourth-order valence-corrected chi connectivity index (χ4v) is 3.77. The molecule has 1 unspecified atom stereocenters. The Labute approximate surface area is 188 Å². The van der Waals surface area contributed by atoms with E-state index in [4.69, 9.17) is 10.1 Å². The van der Waals surface area contributed by atoms with Crippen molar-refractivity contribution >= 4 is 28.6 Å². The maximum Gasteiger partial charge on any atom is 0.311 e. The van der Waals surface area contributed by atoms with Crippen LogP contribution in [0.3, 0.4) is 0 Å². The first-order chi connectivity index (χ1) is 15.5. The van der Waals surface area contributed by atoms with Crippen LogP contribution in [-0.2, 0) is 16.1 Å². The molecule has 32 heavy (non-hydrogen) atoms. The van der Waals surface area contributed by atoms with Crippen molar-refractivity contribution in [2.75, 3.05) is 10.8 Å². The summed E-state index contributed by atoms with van der Waals surface area (Å²) in [6.45, 7) is 2.09. The number of ether oxygens (including phenoxy) is 1. The van der Waals surface area contributed by atoms with Crippen LogP contribution in [0.15, 0.2) is 69.2 Å². The number of carbonyl (C=O) groups excluding carboxylic acids is 1. The summed E-state index contributed by atoms with van der Waals surface area (Å²) in [6, 6.07) is 13.6. The molecular formula is C21H23N6O4S-. The molecule has 1 aliphatic rings. The van der Waals surface area contributed by atoms with E-state index in [9.17, 15) is 13.6 Å². The zero-order chi connectivity index (χ0) is 22.9. The average molecular weight is 456 g/mol. The van der Waals surface area contributed by atoms with Gasteiger partial charge in [0, 0.05) is 35.5 Å². The maximum atomic E-state index is 12.2. The lowest BCUT2D eigenvalue weighted by molar-refractivity contribution is -0.134. The Morgan fingerprint density at radius 1 is 1.12 bits per heavy atom. The highest BCUT2D eigenvalue weighted by Crippen LogP contribution is 2.33. The van der Waals surface area contributed by atoms with Gasteiger partial charge in [0.05, 0.1) is 5.69 Å². The zero-order valence-electron chi connectivity index (χ0n) is 17.5. The third-order valence-electron chi connectivity index (χ3n) is 4.70. The summed E-state index contributed by atoms with van der Waals surface area (Å²) < 4.78 is 30.2. The van der Waals surface area contributed by atoms with Crippen LogP contribution in [0.2, 0.25) is 0 Å². The van der Waals surface area contributed by atoms with Gasteiger partial charge >= 0.3 is 5.97 Å². The number of esters is 1. The Morgan fingerprint density at radius 2 is 1.81 bits per heavy atom. The van der Waals surface area contributed by atoms with Gasteiger partial charge in [-0.25, -0.2) is 0 Å². The lowest BCUT2D eigenvalue weighted by Crippen LogP contribution is -2.28. The monoisotopic (exact) mass is 455 g/mol. The first kappa shape index (κ1) is 23.4. The molecule has 0 saturated carbocycles. The minimum Gasteiger partial charge on any atom is -0.755 e. The van der Waals surface area contributed by atoms with Crippen molar-refractivity contribution in [3.8, 4) is 5.75 Å². The van der Waals surface area contributed by atoms with Crippen molar-refractivity contribution in [3.05, 3.63) is 59.7 Å². The summed E-state index contributed by atoms with van der Waals surface area (Å²) in [5.74, 6) is -0.0840. The molecule has 0 saturated heterocycles. The van der Waals surface area contributed by atoms with Crippen LogP contribution in [0.4, 0.5) is 5.69 Å². The highest BCUT2D eigenvalue weighted by Gasteiger charge is 2.21. The van der Waals surface area contributed by atoms with Gasteiger partial charge in [0.2, 0.25) is 6.17 Å². The van der Waals surface area contributed by atoms with Crippen molar-refractivity contribution in [2.24, 2.45) is 20.7 Å². The lowest BCUT2D eigenvalue weighted by Gasteiger charge is -2.28. The summed E-state index contributed by atoms with van der Waals surface area (Å²) in [5, 5.41) is 22.6. The Kier molecular flexibility index (Phi) is 8.28. The van der Waals surface area contributed by atoms with Gasteiger partial charge in [0.1, 0.15) is 5.75 Å². The fraction of sp³-hybridized carbons (Fsp3) is 0.333. The Hall–Kier alpha value is -3.31. The number of benzene rings is 2. The maximum absolute atomic E-state index is 12.2. The van der Waals surface area contributed by atoms with E-state index in [1.165, 1.54) is 0 Å². The molecule has 1 heterocycles. The van der Waals surface area contributed by atoms with Gasteiger partial charge in [-0.15, -0.1) is 10.2 Å². The summed E-state index contributed by atoms with van der Waals surface area (Å²) in [6.07, 6.45) is 1.18. The molecule has 0 fully saturated rings. The molecule has 1 aliphatic heterocycles. The molecule has 0 radical (unpaired) electrons. The molecule has 1 atom stereocenters. The third-order valence-corrected chi connectivity index (χ3v) is 5.44. The Balaban J connectivity index is 1.57. The average Bonchev–Trinajstić information content (AvgIpc) is 3.32. The van der Waals surface area contributed by atoms with E-state index in [1.807, 2.05) is 6.92 Å². The zero-order valence-corrected chi connectivity index (χ0v) is 18.3. The fourth-order valence-electron chi connectivity index (χ4n) is 3.17. The van der Waals surface area contributed by atoms with Crippen LogP contribution in [-0.4, -0.2) is 27.0 Å². The van der Waals surface area contributed by atoms with E-state index >= 15 is 0 Å². The number of hydrogen-bond donors (Lipinski definition) is 1. The molecule has 1 N–H and O–H groups in total. The molecular weight excluding hydrogens is 432 g/mol. The second kappa shape index (κ2) is 11.3. The molecule has 3 rings (SSSR count). The van der Waals surface area contributed by atoms with Gasteiger partial charge in [-0.05, 0) is 59.2 Å². The Bertz CT molecular complexity index is 1030. The van der Waals surface area contributed by atoms with Gasteiger partial charge in [0.25, 0.3) is 0 Å². The highest BCUT2D eigenvalue weighted by atomic mass is 32.2. The number of hydrogen-bond acceptors (Lipinski definition) is 9. The topological polar surface area (TPSA) is 143 Å². The smallest absolute Gasteiger partial charge is 0.311 e. The van der Waals surface area contributed by atoms with Crippen LogP contribution < -0.4 is 9.04 Å².